The molecule has 0 radical (unpaired) electrons. The molecule has 0 aromatic carbocycles. The minimum atomic E-state index is 0.113. The molecule has 0 heterocycles. The van der Waals surface area contributed by atoms with E-state index < -0.39 is 0 Å². The number of nitrogens with one attached hydrogen (secondary N) is 2. The molecular weight excluding hydrogens is 148 g/mol. The Bertz CT molecular complexity index is 146. The molecule has 2 heteroatoms. The second-order valence-corrected chi connectivity index (χ2v) is 5.22. The first-order chi connectivity index (χ1) is 5.21. The van der Waals surface area contributed by atoms with Crippen molar-refractivity contribution in [3.05, 3.63) is 12.3 Å². The highest BCUT2D eigenvalue weighted by Crippen LogP contribution is 2.13. The molecule has 0 aliphatic rings. The van der Waals surface area contributed by atoms with Gasteiger partial charge in [0.05, 0.1) is 0 Å². The van der Waals surface area contributed by atoms with Gasteiger partial charge in [0.1, 0.15) is 0 Å². The smallest absolute Gasteiger partial charge is 0.0286 e. The fourth-order valence-electron chi connectivity index (χ4n) is 0.550. The van der Waals surface area contributed by atoms with Gasteiger partial charge in [-0.25, -0.2) is 5.43 Å². The van der Waals surface area contributed by atoms with E-state index in [1.165, 1.54) is 0 Å². The number of hydrogen-bond acceptors (Lipinski definition) is 2. The summed E-state index contributed by atoms with van der Waals surface area (Å²) in [6.45, 7) is 12.9. The Labute approximate surface area is 76.4 Å². The molecule has 0 rings (SSSR count). The van der Waals surface area contributed by atoms with Crippen LogP contribution in [0.25, 0.3) is 0 Å². The molecule has 0 aliphatic heterocycles. The summed E-state index contributed by atoms with van der Waals surface area (Å²) >= 11 is 0. The molecule has 0 saturated heterocycles. The molecule has 0 atom stereocenters. The van der Waals surface area contributed by atoms with Crippen LogP contribution in [0.15, 0.2) is 12.3 Å². The van der Waals surface area contributed by atoms with E-state index in [1.807, 2.05) is 6.20 Å². The average molecular weight is 170 g/mol. The lowest BCUT2D eigenvalue weighted by Gasteiger charge is -2.20. The van der Waals surface area contributed by atoms with Gasteiger partial charge in [-0.1, -0.05) is 26.8 Å². The van der Waals surface area contributed by atoms with E-state index in [0.717, 1.165) is 0 Å². The zero-order valence-corrected chi connectivity index (χ0v) is 9.15. The molecule has 2 nitrogen and oxygen atoms in total. The molecule has 0 unspecified atom stereocenters. The van der Waals surface area contributed by atoms with Crippen LogP contribution in [-0.2, 0) is 0 Å². The minimum Gasteiger partial charge on any atom is -0.329 e. The molecule has 0 aromatic heterocycles. The second-order valence-electron chi connectivity index (χ2n) is 5.22. The summed E-state index contributed by atoms with van der Waals surface area (Å²) in [5.41, 5.74) is 6.56. The molecule has 0 aliphatic carbocycles. The van der Waals surface area contributed by atoms with E-state index in [0.29, 0.717) is 0 Å². The summed E-state index contributed by atoms with van der Waals surface area (Å²) in [5, 5.41) is 0. The Morgan fingerprint density at radius 1 is 0.917 bits per heavy atom. The van der Waals surface area contributed by atoms with Crippen molar-refractivity contribution < 1.29 is 0 Å². The van der Waals surface area contributed by atoms with Gasteiger partial charge < -0.3 is 5.43 Å². The highest BCUT2D eigenvalue weighted by atomic mass is 15.4. The van der Waals surface area contributed by atoms with Gasteiger partial charge in [-0.15, -0.1) is 0 Å². The van der Waals surface area contributed by atoms with E-state index in [2.05, 4.69) is 58.5 Å². The molecule has 2 N–H and O–H groups in total. The van der Waals surface area contributed by atoms with Crippen molar-refractivity contribution in [1.29, 1.82) is 0 Å². The number of rotatable bonds is 2. The monoisotopic (exact) mass is 170 g/mol. The quantitative estimate of drug-likeness (QED) is 0.622. The van der Waals surface area contributed by atoms with Gasteiger partial charge in [0.2, 0.25) is 0 Å². The summed E-state index contributed by atoms with van der Waals surface area (Å²) in [7, 11) is 0. The van der Waals surface area contributed by atoms with Crippen LogP contribution in [0.2, 0.25) is 0 Å². The maximum absolute atomic E-state index is 3.16. The number of hydrogen-bond donors (Lipinski definition) is 2. The van der Waals surface area contributed by atoms with E-state index in [-0.39, 0.29) is 11.0 Å². The Balaban J connectivity index is 3.64. The standard InChI is InChI=1S/C10H22N2/c1-9(2,3)7-8-11-12-10(4,5)6/h7-8,11-12H,1-6H3/b8-7-. The van der Waals surface area contributed by atoms with Crippen LogP contribution < -0.4 is 10.9 Å². The van der Waals surface area contributed by atoms with Crippen LogP contribution in [0.3, 0.4) is 0 Å². The minimum absolute atomic E-state index is 0.113. The van der Waals surface area contributed by atoms with Crippen molar-refractivity contribution in [2.24, 2.45) is 5.41 Å². The maximum Gasteiger partial charge on any atom is 0.0286 e. The van der Waals surface area contributed by atoms with Gasteiger partial charge in [-0.3, -0.25) is 0 Å². The molecule has 0 aromatic rings. The molecule has 0 spiro atoms. The fourth-order valence-corrected chi connectivity index (χ4v) is 0.550. The number of hydrazine groups is 1. The zero-order valence-electron chi connectivity index (χ0n) is 9.15. The van der Waals surface area contributed by atoms with E-state index in [1.54, 1.807) is 0 Å². The Hall–Kier alpha value is -0.500. The highest BCUT2D eigenvalue weighted by molar-refractivity contribution is 4.90. The lowest BCUT2D eigenvalue weighted by atomic mass is 9.97. The largest absolute Gasteiger partial charge is 0.329 e. The van der Waals surface area contributed by atoms with Gasteiger partial charge in [0.25, 0.3) is 0 Å². The third kappa shape index (κ3) is 9.50. The van der Waals surface area contributed by atoms with Crippen molar-refractivity contribution in [3.8, 4) is 0 Å². The normalized spacial score (nSPS) is 13.8. The predicted molar refractivity (Wildman–Crippen MR) is 54.6 cm³/mol. The molecule has 0 saturated carbocycles. The maximum atomic E-state index is 3.16. The highest BCUT2D eigenvalue weighted by Gasteiger charge is 2.07. The molecular formula is C10H22N2. The summed E-state index contributed by atoms with van der Waals surface area (Å²) < 4.78 is 0. The van der Waals surface area contributed by atoms with Gasteiger partial charge in [-0.2, -0.15) is 0 Å². The van der Waals surface area contributed by atoms with Crippen molar-refractivity contribution in [2.45, 2.75) is 47.1 Å². The van der Waals surface area contributed by atoms with Gasteiger partial charge in [0.15, 0.2) is 0 Å². The lowest BCUT2D eigenvalue weighted by molar-refractivity contribution is 0.390. The van der Waals surface area contributed by atoms with Crippen molar-refractivity contribution >= 4 is 0 Å². The van der Waals surface area contributed by atoms with Crippen LogP contribution in [-0.4, -0.2) is 5.54 Å². The van der Waals surface area contributed by atoms with Crippen LogP contribution in [0, 0.1) is 5.41 Å². The van der Waals surface area contributed by atoms with Crippen molar-refractivity contribution in [2.75, 3.05) is 0 Å². The third-order valence-corrected chi connectivity index (χ3v) is 1.11. The van der Waals surface area contributed by atoms with Crippen molar-refractivity contribution in [3.63, 3.8) is 0 Å². The average Bonchev–Trinajstić information content (AvgIpc) is 1.76. The first-order valence-electron chi connectivity index (χ1n) is 4.41. The Kier molecular flexibility index (Phi) is 3.78. The third-order valence-electron chi connectivity index (χ3n) is 1.11. The van der Waals surface area contributed by atoms with Crippen molar-refractivity contribution in [1.82, 2.24) is 10.9 Å². The molecule has 12 heavy (non-hydrogen) atoms. The summed E-state index contributed by atoms with van der Waals surface area (Å²) in [4.78, 5) is 0. The van der Waals surface area contributed by atoms with Crippen LogP contribution in [0.5, 0.6) is 0 Å². The number of allylic oxidation sites excluding steroid dienone is 1. The van der Waals surface area contributed by atoms with Gasteiger partial charge >= 0.3 is 0 Å². The van der Waals surface area contributed by atoms with E-state index in [9.17, 15) is 0 Å². The zero-order chi connectivity index (χ0) is 9.83. The second kappa shape index (κ2) is 3.94. The molecule has 0 fully saturated rings. The lowest BCUT2D eigenvalue weighted by Crippen LogP contribution is -2.43. The Morgan fingerprint density at radius 3 is 1.75 bits per heavy atom. The Morgan fingerprint density at radius 2 is 1.42 bits per heavy atom. The van der Waals surface area contributed by atoms with Gasteiger partial charge in [-0.05, 0) is 26.2 Å². The van der Waals surface area contributed by atoms with Crippen LogP contribution >= 0.6 is 0 Å². The first-order valence-corrected chi connectivity index (χ1v) is 4.41. The first kappa shape index (κ1) is 11.5. The summed E-state index contributed by atoms with van der Waals surface area (Å²) in [6.07, 6.45) is 4.08. The topological polar surface area (TPSA) is 24.1 Å². The summed E-state index contributed by atoms with van der Waals surface area (Å²) in [6, 6.07) is 0. The predicted octanol–water partition coefficient (Wildman–Crippen LogP) is 2.44. The van der Waals surface area contributed by atoms with Crippen LogP contribution in [0.1, 0.15) is 41.5 Å². The van der Waals surface area contributed by atoms with E-state index in [4.69, 9.17) is 0 Å². The summed E-state index contributed by atoms with van der Waals surface area (Å²) in [5.74, 6) is 0. The SMILES string of the molecule is CC(C)(C)/C=C\NNC(C)(C)C. The molecule has 0 bridgehead atoms. The molecule has 72 valence electrons. The fraction of sp³-hybridized carbons (Fsp3) is 0.800. The van der Waals surface area contributed by atoms with Crippen LogP contribution in [0.4, 0.5) is 0 Å². The molecule has 0 amide bonds. The van der Waals surface area contributed by atoms with E-state index >= 15 is 0 Å². The van der Waals surface area contributed by atoms with Gasteiger partial charge in [0, 0.05) is 11.7 Å².